The molecule has 1 amide bonds. The maximum Gasteiger partial charge on any atom is 0.412 e. The molecule has 6 rings (SSSR count). The Labute approximate surface area is 240 Å². The van der Waals surface area contributed by atoms with E-state index in [4.69, 9.17) is 16.3 Å². The maximum absolute atomic E-state index is 15.5. The van der Waals surface area contributed by atoms with Crippen LogP contribution in [0.15, 0.2) is 71.7 Å². The van der Waals surface area contributed by atoms with E-state index in [9.17, 15) is 9.59 Å². The minimum atomic E-state index is -0.686. The van der Waals surface area contributed by atoms with Crippen LogP contribution in [0.2, 0.25) is 5.02 Å². The molecule has 0 saturated heterocycles. The fraction of sp³-hybridized carbons (Fsp3) is 0.226. The van der Waals surface area contributed by atoms with Crippen molar-refractivity contribution in [1.82, 2.24) is 4.37 Å². The average Bonchev–Trinajstić information content (AvgIpc) is 3.88. The van der Waals surface area contributed by atoms with E-state index in [1.54, 1.807) is 44.3 Å². The van der Waals surface area contributed by atoms with Gasteiger partial charge < -0.3 is 4.74 Å². The lowest BCUT2D eigenvalue weighted by Crippen LogP contribution is -2.26. The third kappa shape index (κ3) is 4.93. The topological polar surface area (TPSA) is 80.7 Å². The van der Waals surface area contributed by atoms with E-state index in [-0.39, 0.29) is 11.8 Å². The summed E-state index contributed by atoms with van der Waals surface area (Å²) in [5.41, 5.74) is 4.08. The number of carbonyl (C=O) groups is 2. The van der Waals surface area contributed by atoms with Crippen LogP contribution in [-0.4, -0.2) is 28.5 Å². The summed E-state index contributed by atoms with van der Waals surface area (Å²) >= 11 is 7.33. The Kier molecular flexibility index (Phi) is 6.76. The molecule has 4 aromatic rings. The molecule has 1 aromatic heterocycles. The summed E-state index contributed by atoms with van der Waals surface area (Å²) in [6.45, 7) is 3.48. The Morgan fingerprint density at radius 3 is 2.45 bits per heavy atom. The number of carbonyl (C=O) groups excluding carboxylic acids is 2. The van der Waals surface area contributed by atoms with Gasteiger partial charge in [0.25, 0.3) is 0 Å². The van der Waals surface area contributed by atoms with Crippen molar-refractivity contribution in [3.8, 4) is 21.6 Å². The summed E-state index contributed by atoms with van der Waals surface area (Å²) in [6.07, 6.45) is 2.10. The van der Waals surface area contributed by atoms with Gasteiger partial charge in [0.2, 0.25) is 0 Å². The highest BCUT2D eigenvalue weighted by Crippen LogP contribution is 2.51. The van der Waals surface area contributed by atoms with Crippen molar-refractivity contribution in [3.05, 3.63) is 94.4 Å². The SMILES string of the molecule is Cc1nsc(-c2ccc(-c3ccc(C4(C(=O)C5C=N5)CC4)cc3)cc2F)c1NC(=O)O[C@H](C)c1ccccc1Cl. The first-order valence-corrected chi connectivity index (χ1v) is 14.1. The van der Waals surface area contributed by atoms with Crippen molar-refractivity contribution in [2.75, 3.05) is 5.32 Å². The third-order valence-electron chi connectivity index (χ3n) is 7.49. The Morgan fingerprint density at radius 1 is 1.10 bits per heavy atom. The smallest absolute Gasteiger partial charge is 0.412 e. The molecule has 0 spiro atoms. The van der Waals surface area contributed by atoms with Gasteiger partial charge in [0.1, 0.15) is 18.0 Å². The molecule has 3 aromatic carbocycles. The van der Waals surface area contributed by atoms with Gasteiger partial charge in [-0.05, 0) is 73.1 Å². The van der Waals surface area contributed by atoms with Gasteiger partial charge in [0.15, 0.2) is 5.78 Å². The van der Waals surface area contributed by atoms with Gasteiger partial charge in [0, 0.05) is 22.4 Å². The number of ketones is 1. The highest BCUT2D eigenvalue weighted by atomic mass is 35.5. The molecule has 0 radical (unpaired) electrons. The number of ether oxygens (including phenoxy) is 1. The predicted octanol–water partition coefficient (Wildman–Crippen LogP) is 7.94. The quantitative estimate of drug-likeness (QED) is 0.232. The van der Waals surface area contributed by atoms with Gasteiger partial charge in [-0.15, -0.1) is 0 Å². The van der Waals surface area contributed by atoms with Gasteiger partial charge in [-0.2, -0.15) is 4.37 Å². The molecule has 1 saturated carbocycles. The van der Waals surface area contributed by atoms with Crippen molar-refractivity contribution < 1.29 is 18.7 Å². The molecule has 202 valence electrons. The van der Waals surface area contributed by atoms with E-state index in [1.165, 1.54) is 6.07 Å². The Morgan fingerprint density at radius 2 is 1.80 bits per heavy atom. The van der Waals surface area contributed by atoms with Gasteiger partial charge in [-0.3, -0.25) is 15.1 Å². The highest BCUT2D eigenvalue weighted by Gasteiger charge is 2.54. The number of halogens is 2. The van der Waals surface area contributed by atoms with E-state index in [1.807, 2.05) is 36.4 Å². The number of nitrogens with one attached hydrogen (secondary N) is 1. The lowest BCUT2D eigenvalue weighted by atomic mass is 9.88. The van der Waals surface area contributed by atoms with Crippen molar-refractivity contribution in [3.63, 3.8) is 0 Å². The molecule has 1 fully saturated rings. The highest BCUT2D eigenvalue weighted by molar-refractivity contribution is 7.10. The number of rotatable bonds is 8. The maximum atomic E-state index is 15.5. The Bertz CT molecular complexity index is 1660. The third-order valence-corrected chi connectivity index (χ3v) is 8.81. The number of benzene rings is 3. The molecule has 0 bridgehead atoms. The van der Waals surface area contributed by atoms with Crippen molar-refractivity contribution in [2.24, 2.45) is 4.99 Å². The number of amides is 1. The lowest BCUT2D eigenvalue weighted by Gasteiger charge is -2.16. The normalized spacial score (nSPS) is 17.2. The van der Waals surface area contributed by atoms with E-state index in [0.717, 1.165) is 35.5 Å². The number of aromatic nitrogens is 1. The summed E-state index contributed by atoms with van der Waals surface area (Å²) in [5.74, 6) is -0.270. The number of nitrogens with zero attached hydrogens (tertiary/aromatic N) is 2. The predicted molar refractivity (Wildman–Crippen MR) is 156 cm³/mol. The fourth-order valence-corrected chi connectivity index (χ4v) is 6.15. The van der Waals surface area contributed by atoms with Crippen molar-refractivity contribution >= 4 is 46.9 Å². The largest absolute Gasteiger partial charge is 0.441 e. The van der Waals surface area contributed by atoms with E-state index >= 15 is 4.39 Å². The molecule has 1 N–H and O–H groups in total. The molecule has 1 aliphatic heterocycles. The van der Waals surface area contributed by atoms with E-state index in [2.05, 4.69) is 14.7 Å². The standard InChI is InChI=1S/C31H25ClFN3O3S/c1-17-27(35-30(38)39-18(2)22-5-3-4-6-24(22)32)28(40-36-17)23-12-9-20(15-25(23)33)19-7-10-21(11-8-19)31(13-14-31)29(37)26-16-34-26/h3-12,15-16,18,26H,13-14H2,1-2H3,(H,35,38)/t18-,26?/m1/s1. The van der Waals surface area contributed by atoms with Crippen LogP contribution in [0.25, 0.3) is 21.6 Å². The van der Waals surface area contributed by atoms with Crippen LogP contribution >= 0.6 is 23.1 Å². The lowest BCUT2D eigenvalue weighted by molar-refractivity contribution is -0.120. The second-order valence-corrected chi connectivity index (χ2v) is 11.3. The van der Waals surface area contributed by atoms with Crippen LogP contribution in [0.3, 0.4) is 0 Å². The van der Waals surface area contributed by atoms with Gasteiger partial charge in [-0.1, -0.05) is 60.1 Å². The Balaban J connectivity index is 1.19. The molecule has 2 atom stereocenters. The molecule has 6 nitrogen and oxygen atoms in total. The van der Waals surface area contributed by atoms with Crippen molar-refractivity contribution in [1.29, 1.82) is 0 Å². The van der Waals surface area contributed by atoms with Crippen molar-refractivity contribution in [2.45, 2.75) is 44.2 Å². The monoisotopic (exact) mass is 573 g/mol. The van der Waals surface area contributed by atoms with Crippen LogP contribution in [0.1, 0.15) is 42.7 Å². The summed E-state index contributed by atoms with van der Waals surface area (Å²) in [6, 6.07) is 19.6. The minimum Gasteiger partial charge on any atom is -0.441 e. The number of aliphatic imine (C=N–C) groups is 1. The molecular formula is C31H25ClFN3O3S. The van der Waals surface area contributed by atoms with E-state index < -0.39 is 23.4 Å². The average molecular weight is 574 g/mol. The second kappa shape index (κ2) is 10.3. The molecular weight excluding hydrogens is 549 g/mol. The molecule has 2 heterocycles. The zero-order chi connectivity index (χ0) is 28.0. The first kappa shape index (κ1) is 26.3. The first-order chi connectivity index (χ1) is 19.3. The summed E-state index contributed by atoms with van der Waals surface area (Å²) in [4.78, 5) is 29.9. The van der Waals surface area contributed by atoms with Crippen LogP contribution in [0.5, 0.6) is 0 Å². The number of hydrogen-bond acceptors (Lipinski definition) is 6. The number of Topliss-reactive ketones (excluding diaryl/α,β-unsaturated/α-hetero) is 1. The van der Waals surface area contributed by atoms with Crippen LogP contribution in [0, 0.1) is 12.7 Å². The number of hydrogen-bond donors (Lipinski definition) is 1. The molecule has 1 aliphatic carbocycles. The van der Waals surface area contributed by atoms with Gasteiger partial charge in [-0.25, -0.2) is 9.18 Å². The zero-order valence-electron chi connectivity index (χ0n) is 21.8. The molecule has 9 heteroatoms. The second-order valence-electron chi connectivity index (χ2n) is 10.1. The Hall–Kier alpha value is -3.88. The molecule has 1 unspecified atom stereocenters. The van der Waals surface area contributed by atoms with Crippen LogP contribution in [-0.2, 0) is 14.9 Å². The summed E-state index contributed by atoms with van der Waals surface area (Å²) < 4.78 is 25.3. The minimum absolute atomic E-state index is 0.169. The first-order valence-electron chi connectivity index (χ1n) is 12.9. The number of aryl methyl sites for hydroxylation is 1. The van der Waals surface area contributed by atoms with Gasteiger partial charge >= 0.3 is 6.09 Å². The van der Waals surface area contributed by atoms with Gasteiger partial charge in [0.05, 0.1) is 21.7 Å². The number of anilines is 1. The summed E-state index contributed by atoms with van der Waals surface area (Å²) in [7, 11) is 0. The zero-order valence-corrected chi connectivity index (χ0v) is 23.4. The fourth-order valence-electron chi connectivity index (χ4n) is 4.99. The van der Waals surface area contributed by atoms with E-state index in [0.29, 0.717) is 38.0 Å². The molecule has 40 heavy (non-hydrogen) atoms. The van der Waals surface area contributed by atoms with Crippen LogP contribution in [0.4, 0.5) is 14.9 Å². The molecule has 2 aliphatic rings. The summed E-state index contributed by atoms with van der Waals surface area (Å²) in [5, 5.41) is 3.24. The van der Waals surface area contributed by atoms with Crippen LogP contribution < -0.4 is 5.32 Å².